The van der Waals surface area contributed by atoms with Crippen molar-refractivity contribution in [2.45, 2.75) is 25.8 Å². The van der Waals surface area contributed by atoms with Crippen LogP contribution >= 0.6 is 22.6 Å². The van der Waals surface area contributed by atoms with Crippen LogP contribution < -0.4 is 10.1 Å². The lowest BCUT2D eigenvalue weighted by molar-refractivity contribution is 0.0697. The van der Waals surface area contributed by atoms with Gasteiger partial charge in [0.1, 0.15) is 5.75 Å². The molecule has 7 nitrogen and oxygen atoms in total. The first-order valence-corrected chi connectivity index (χ1v) is 10.8. The summed E-state index contributed by atoms with van der Waals surface area (Å²) < 4.78 is 10.6. The molecule has 1 aliphatic rings. The Morgan fingerprint density at radius 2 is 1.73 bits per heavy atom. The molecule has 3 rings (SSSR count). The second-order valence-corrected chi connectivity index (χ2v) is 7.99. The second kappa shape index (κ2) is 10.4. The van der Waals surface area contributed by atoms with Crippen molar-refractivity contribution >= 4 is 40.6 Å². The monoisotopic (exact) mass is 522 g/mol. The second-order valence-electron chi connectivity index (χ2n) is 6.83. The Balaban J connectivity index is 1.50. The highest BCUT2D eigenvalue weighted by Gasteiger charge is 2.25. The average molecular weight is 522 g/mol. The molecule has 1 saturated heterocycles. The molecule has 1 N–H and O–H groups in total. The Labute approximate surface area is 188 Å². The van der Waals surface area contributed by atoms with E-state index in [9.17, 15) is 14.4 Å². The van der Waals surface area contributed by atoms with Gasteiger partial charge in [-0.1, -0.05) is 12.1 Å². The third-order valence-corrected chi connectivity index (χ3v) is 5.74. The van der Waals surface area contributed by atoms with Crippen LogP contribution in [0.25, 0.3) is 0 Å². The van der Waals surface area contributed by atoms with E-state index < -0.39 is 6.16 Å². The quantitative estimate of drug-likeness (QED) is 0.367. The molecule has 1 aliphatic heterocycles. The smallest absolute Gasteiger partial charge is 0.434 e. The number of amides is 2. The predicted octanol–water partition coefficient (Wildman–Crippen LogP) is 3.86. The van der Waals surface area contributed by atoms with Crippen molar-refractivity contribution in [3.63, 3.8) is 0 Å². The van der Waals surface area contributed by atoms with Gasteiger partial charge in [-0.05, 0) is 78.8 Å². The van der Waals surface area contributed by atoms with Gasteiger partial charge in [0.15, 0.2) is 0 Å². The standard InChI is InChI=1S/C22H23IN2O5/c1-2-29-22(28)30-17-9-7-15(8-10-17)20(26)24-16-11-13-25(14-12-16)21(27)18-5-3-4-6-19(18)23/h3-10,16H,2,11-14H2,1H3,(H,24,26). The largest absolute Gasteiger partial charge is 0.513 e. The summed E-state index contributed by atoms with van der Waals surface area (Å²) >= 11 is 2.17. The summed E-state index contributed by atoms with van der Waals surface area (Å²) in [5.41, 5.74) is 1.19. The molecule has 0 saturated carbocycles. The van der Waals surface area contributed by atoms with Crippen molar-refractivity contribution in [2.24, 2.45) is 0 Å². The molecule has 0 aliphatic carbocycles. The summed E-state index contributed by atoms with van der Waals surface area (Å²) in [6.45, 7) is 3.12. The zero-order valence-corrected chi connectivity index (χ0v) is 18.8. The molecule has 2 aromatic rings. The van der Waals surface area contributed by atoms with Crippen LogP contribution in [-0.2, 0) is 4.74 Å². The Bertz CT molecular complexity index is 908. The van der Waals surface area contributed by atoms with E-state index in [1.807, 2.05) is 29.2 Å². The molecule has 0 aromatic heterocycles. The zero-order chi connectivity index (χ0) is 21.5. The van der Waals surface area contributed by atoms with Crippen LogP contribution in [0.1, 0.15) is 40.5 Å². The number of halogens is 1. The van der Waals surface area contributed by atoms with E-state index in [4.69, 9.17) is 9.47 Å². The number of carbonyl (C=O) groups is 3. The van der Waals surface area contributed by atoms with Crippen molar-refractivity contribution in [1.82, 2.24) is 10.2 Å². The van der Waals surface area contributed by atoms with Gasteiger partial charge in [-0.15, -0.1) is 0 Å². The van der Waals surface area contributed by atoms with Gasteiger partial charge < -0.3 is 19.7 Å². The first-order valence-electron chi connectivity index (χ1n) is 9.77. The molecule has 8 heteroatoms. The minimum atomic E-state index is -0.777. The van der Waals surface area contributed by atoms with Crippen LogP contribution in [0.5, 0.6) is 5.75 Å². The lowest BCUT2D eigenvalue weighted by Crippen LogP contribution is -2.46. The van der Waals surface area contributed by atoms with E-state index in [1.165, 1.54) is 0 Å². The minimum Gasteiger partial charge on any atom is -0.434 e. The summed E-state index contributed by atoms with van der Waals surface area (Å²) in [6, 6.07) is 13.8. The Morgan fingerprint density at radius 1 is 1.07 bits per heavy atom. The van der Waals surface area contributed by atoms with E-state index in [0.717, 1.165) is 3.57 Å². The van der Waals surface area contributed by atoms with Gasteiger partial charge in [0.25, 0.3) is 11.8 Å². The van der Waals surface area contributed by atoms with E-state index in [1.54, 1.807) is 31.2 Å². The van der Waals surface area contributed by atoms with E-state index in [2.05, 4.69) is 27.9 Å². The van der Waals surface area contributed by atoms with E-state index in [0.29, 0.717) is 42.8 Å². The number of piperidine rings is 1. The van der Waals surface area contributed by atoms with Crippen molar-refractivity contribution < 1.29 is 23.9 Å². The highest BCUT2D eigenvalue weighted by atomic mass is 127. The van der Waals surface area contributed by atoms with Gasteiger partial charge in [-0.3, -0.25) is 9.59 Å². The number of ether oxygens (including phenoxy) is 2. The number of rotatable bonds is 5. The number of nitrogens with one attached hydrogen (secondary N) is 1. The number of hydrogen-bond donors (Lipinski definition) is 1. The molecular weight excluding hydrogens is 499 g/mol. The van der Waals surface area contributed by atoms with Gasteiger partial charge in [-0.2, -0.15) is 0 Å². The normalized spacial score (nSPS) is 14.1. The summed E-state index contributed by atoms with van der Waals surface area (Å²) in [5.74, 6) is 0.148. The lowest BCUT2D eigenvalue weighted by Gasteiger charge is -2.32. The maximum atomic E-state index is 12.7. The van der Waals surface area contributed by atoms with Crippen LogP contribution in [0, 0.1) is 3.57 Å². The lowest BCUT2D eigenvalue weighted by atomic mass is 10.0. The number of hydrogen-bond acceptors (Lipinski definition) is 5. The molecule has 2 aromatic carbocycles. The Kier molecular flexibility index (Phi) is 7.67. The van der Waals surface area contributed by atoms with Crippen LogP contribution in [0.2, 0.25) is 0 Å². The number of nitrogens with zero attached hydrogens (tertiary/aromatic N) is 1. The van der Waals surface area contributed by atoms with Crippen LogP contribution in [0.4, 0.5) is 4.79 Å². The summed E-state index contributed by atoms with van der Waals surface area (Å²) in [5, 5.41) is 3.02. The van der Waals surface area contributed by atoms with E-state index >= 15 is 0 Å². The fourth-order valence-electron chi connectivity index (χ4n) is 3.22. The van der Waals surface area contributed by atoms with Crippen molar-refractivity contribution in [1.29, 1.82) is 0 Å². The SMILES string of the molecule is CCOC(=O)Oc1ccc(C(=O)NC2CCN(C(=O)c3ccccc3I)CC2)cc1. The van der Waals surface area contributed by atoms with Gasteiger partial charge in [-0.25, -0.2) is 4.79 Å². The number of carbonyl (C=O) groups excluding carboxylic acids is 3. The van der Waals surface area contributed by atoms with Gasteiger partial charge in [0.05, 0.1) is 12.2 Å². The molecule has 1 heterocycles. The summed E-state index contributed by atoms with van der Waals surface area (Å²) in [7, 11) is 0. The maximum absolute atomic E-state index is 12.7. The van der Waals surface area contributed by atoms with Gasteiger partial charge in [0.2, 0.25) is 0 Å². The van der Waals surface area contributed by atoms with Crippen molar-refractivity contribution in [3.8, 4) is 5.75 Å². The molecule has 0 spiro atoms. The third kappa shape index (κ3) is 5.71. The minimum absolute atomic E-state index is 0.00635. The molecule has 30 heavy (non-hydrogen) atoms. The van der Waals surface area contributed by atoms with Crippen molar-refractivity contribution in [3.05, 3.63) is 63.2 Å². The molecule has 0 unspecified atom stereocenters. The van der Waals surface area contributed by atoms with Crippen LogP contribution in [0.15, 0.2) is 48.5 Å². The van der Waals surface area contributed by atoms with E-state index in [-0.39, 0.29) is 24.5 Å². The fourth-order valence-corrected chi connectivity index (χ4v) is 3.84. The third-order valence-electron chi connectivity index (χ3n) is 4.80. The first-order chi connectivity index (χ1) is 14.5. The Morgan fingerprint density at radius 3 is 2.37 bits per heavy atom. The molecule has 0 atom stereocenters. The number of benzene rings is 2. The molecule has 1 fully saturated rings. The highest BCUT2D eigenvalue weighted by Crippen LogP contribution is 2.19. The Hall–Kier alpha value is -2.62. The predicted molar refractivity (Wildman–Crippen MR) is 120 cm³/mol. The van der Waals surface area contributed by atoms with Gasteiger partial charge >= 0.3 is 6.16 Å². The maximum Gasteiger partial charge on any atom is 0.513 e. The average Bonchev–Trinajstić information content (AvgIpc) is 2.75. The summed E-state index contributed by atoms with van der Waals surface area (Å²) in [4.78, 5) is 38.4. The van der Waals surface area contributed by atoms with Crippen molar-refractivity contribution in [2.75, 3.05) is 19.7 Å². The summed E-state index contributed by atoms with van der Waals surface area (Å²) in [6.07, 6.45) is 0.622. The fraction of sp³-hybridized carbons (Fsp3) is 0.318. The number of likely N-dealkylation sites (tertiary alicyclic amines) is 1. The molecule has 2 amide bonds. The zero-order valence-electron chi connectivity index (χ0n) is 16.6. The molecule has 158 valence electrons. The van der Waals surface area contributed by atoms with Crippen LogP contribution in [-0.4, -0.2) is 48.6 Å². The van der Waals surface area contributed by atoms with Crippen LogP contribution in [0.3, 0.4) is 0 Å². The molecular formula is C22H23IN2O5. The topological polar surface area (TPSA) is 84.9 Å². The molecule has 0 radical (unpaired) electrons. The van der Waals surface area contributed by atoms with Gasteiger partial charge in [0, 0.05) is 28.3 Å². The molecule has 0 bridgehead atoms. The highest BCUT2D eigenvalue weighted by molar-refractivity contribution is 14.1. The first kappa shape index (κ1) is 22.1.